The summed E-state index contributed by atoms with van der Waals surface area (Å²) in [4.78, 5) is 2.38. The average molecular weight is 139 g/mol. The van der Waals surface area contributed by atoms with E-state index in [1.54, 1.807) is 0 Å². The van der Waals surface area contributed by atoms with Gasteiger partial charge in [0.05, 0.1) is 0 Å². The fourth-order valence-electron chi connectivity index (χ4n) is 1.51. The lowest BCUT2D eigenvalue weighted by Crippen LogP contribution is -2.17. The highest BCUT2D eigenvalue weighted by Gasteiger charge is 2.19. The Morgan fingerprint density at radius 1 is 1.70 bits per heavy atom. The second-order valence-electron chi connectivity index (χ2n) is 3.24. The minimum Gasteiger partial charge on any atom is -0.375 e. The Hall–Kier alpha value is -0.460. The molecule has 1 atom stereocenters. The van der Waals surface area contributed by atoms with Crippen molar-refractivity contribution >= 4 is 0 Å². The van der Waals surface area contributed by atoms with Gasteiger partial charge in [0.1, 0.15) is 0 Å². The molecule has 0 saturated carbocycles. The standard InChI is InChI=1S/C9H17N/c1-4-9-5-6-10(7-9)8(2)3/h9H,2,4-7H2,1,3H3/t9-/m1/s1. The van der Waals surface area contributed by atoms with Crippen LogP contribution in [-0.4, -0.2) is 18.0 Å². The van der Waals surface area contributed by atoms with Gasteiger partial charge in [-0.05, 0) is 19.3 Å². The highest BCUT2D eigenvalue weighted by molar-refractivity contribution is 4.92. The third-order valence-corrected chi connectivity index (χ3v) is 2.40. The van der Waals surface area contributed by atoms with Gasteiger partial charge >= 0.3 is 0 Å². The lowest BCUT2D eigenvalue weighted by Gasteiger charge is -2.17. The minimum atomic E-state index is 0.927. The monoisotopic (exact) mass is 139 g/mol. The van der Waals surface area contributed by atoms with E-state index in [0.29, 0.717) is 0 Å². The van der Waals surface area contributed by atoms with E-state index in [-0.39, 0.29) is 0 Å². The van der Waals surface area contributed by atoms with Crippen molar-refractivity contribution in [2.45, 2.75) is 26.7 Å². The van der Waals surface area contributed by atoms with E-state index < -0.39 is 0 Å². The number of nitrogens with zero attached hydrogens (tertiary/aromatic N) is 1. The van der Waals surface area contributed by atoms with Gasteiger partial charge in [-0.25, -0.2) is 0 Å². The molecule has 1 aliphatic heterocycles. The fraction of sp³-hybridized carbons (Fsp3) is 0.778. The van der Waals surface area contributed by atoms with Crippen LogP contribution in [0.15, 0.2) is 12.3 Å². The van der Waals surface area contributed by atoms with E-state index >= 15 is 0 Å². The lowest BCUT2D eigenvalue weighted by molar-refractivity contribution is 0.403. The summed E-state index contributed by atoms with van der Waals surface area (Å²) < 4.78 is 0. The van der Waals surface area contributed by atoms with E-state index in [0.717, 1.165) is 5.92 Å². The summed E-state index contributed by atoms with van der Waals surface area (Å²) in [5.74, 6) is 0.927. The van der Waals surface area contributed by atoms with Crippen LogP contribution in [-0.2, 0) is 0 Å². The Bertz CT molecular complexity index is 129. The van der Waals surface area contributed by atoms with Crippen LogP contribution in [0.1, 0.15) is 26.7 Å². The maximum atomic E-state index is 3.93. The lowest BCUT2D eigenvalue weighted by atomic mass is 10.1. The molecule has 1 rings (SSSR count). The van der Waals surface area contributed by atoms with Crippen molar-refractivity contribution < 1.29 is 0 Å². The van der Waals surface area contributed by atoms with Crippen LogP contribution < -0.4 is 0 Å². The fourth-order valence-corrected chi connectivity index (χ4v) is 1.51. The van der Waals surface area contributed by atoms with Crippen molar-refractivity contribution in [2.24, 2.45) is 5.92 Å². The zero-order chi connectivity index (χ0) is 7.56. The van der Waals surface area contributed by atoms with Crippen molar-refractivity contribution in [1.29, 1.82) is 0 Å². The van der Waals surface area contributed by atoms with Gasteiger partial charge in [-0.2, -0.15) is 0 Å². The molecular weight excluding hydrogens is 122 g/mol. The number of allylic oxidation sites excluding steroid dienone is 1. The Kier molecular flexibility index (Phi) is 2.36. The van der Waals surface area contributed by atoms with Crippen LogP contribution in [0.3, 0.4) is 0 Å². The van der Waals surface area contributed by atoms with Crippen molar-refractivity contribution in [1.82, 2.24) is 4.90 Å². The summed E-state index contributed by atoms with van der Waals surface area (Å²) >= 11 is 0. The molecule has 1 heteroatoms. The topological polar surface area (TPSA) is 3.24 Å². The third-order valence-electron chi connectivity index (χ3n) is 2.40. The van der Waals surface area contributed by atoms with Gasteiger partial charge in [0.25, 0.3) is 0 Å². The molecule has 0 amide bonds. The quantitative estimate of drug-likeness (QED) is 0.567. The zero-order valence-corrected chi connectivity index (χ0v) is 7.06. The van der Waals surface area contributed by atoms with Crippen molar-refractivity contribution in [3.63, 3.8) is 0 Å². The van der Waals surface area contributed by atoms with E-state index in [1.165, 1.54) is 31.6 Å². The second kappa shape index (κ2) is 3.09. The van der Waals surface area contributed by atoms with Crippen molar-refractivity contribution in [3.8, 4) is 0 Å². The minimum absolute atomic E-state index is 0.927. The van der Waals surface area contributed by atoms with Gasteiger partial charge in [-0.3, -0.25) is 0 Å². The molecular formula is C9H17N. The maximum absolute atomic E-state index is 3.93. The summed E-state index contributed by atoms with van der Waals surface area (Å²) in [5, 5.41) is 0. The smallest absolute Gasteiger partial charge is 0.0203 e. The predicted molar refractivity (Wildman–Crippen MR) is 44.8 cm³/mol. The number of hydrogen-bond donors (Lipinski definition) is 0. The van der Waals surface area contributed by atoms with Crippen LogP contribution in [0.2, 0.25) is 0 Å². The third kappa shape index (κ3) is 1.53. The molecule has 0 aliphatic carbocycles. The van der Waals surface area contributed by atoms with Crippen LogP contribution in [0.4, 0.5) is 0 Å². The molecule has 0 aromatic heterocycles. The SMILES string of the molecule is C=C(C)N1CC[C@@H](CC)C1. The highest BCUT2D eigenvalue weighted by Crippen LogP contribution is 2.21. The molecule has 1 heterocycles. The molecule has 1 aliphatic rings. The molecule has 0 aromatic rings. The van der Waals surface area contributed by atoms with Gasteiger partial charge in [-0.15, -0.1) is 0 Å². The Labute approximate surface area is 63.7 Å². The molecule has 1 nitrogen and oxygen atoms in total. The zero-order valence-electron chi connectivity index (χ0n) is 7.06. The van der Waals surface area contributed by atoms with E-state index in [9.17, 15) is 0 Å². The average Bonchev–Trinajstić information content (AvgIpc) is 2.34. The summed E-state index contributed by atoms with van der Waals surface area (Å²) in [5.41, 5.74) is 1.23. The van der Waals surface area contributed by atoms with Gasteiger partial charge in [0.15, 0.2) is 0 Å². The molecule has 1 fully saturated rings. The van der Waals surface area contributed by atoms with Gasteiger partial charge < -0.3 is 4.90 Å². The normalized spacial score (nSPS) is 25.4. The molecule has 58 valence electrons. The first-order valence-electron chi connectivity index (χ1n) is 4.14. The summed E-state index contributed by atoms with van der Waals surface area (Å²) in [7, 11) is 0. The second-order valence-corrected chi connectivity index (χ2v) is 3.24. The molecule has 0 radical (unpaired) electrons. The predicted octanol–water partition coefficient (Wildman–Crippen LogP) is 2.25. The molecule has 0 aromatic carbocycles. The first-order valence-corrected chi connectivity index (χ1v) is 4.14. The first kappa shape index (κ1) is 7.64. The summed E-state index contributed by atoms with van der Waals surface area (Å²) in [6.45, 7) is 10.8. The maximum Gasteiger partial charge on any atom is 0.0203 e. The Morgan fingerprint density at radius 3 is 2.70 bits per heavy atom. The Morgan fingerprint density at radius 2 is 2.40 bits per heavy atom. The molecule has 10 heavy (non-hydrogen) atoms. The molecule has 0 spiro atoms. The Balaban J connectivity index is 2.35. The number of likely N-dealkylation sites (tertiary alicyclic amines) is 1. The molecule has 0 bridgehead atoms. The van der Waals surface area contributed by atoms with Crippen LogP contribution in [0.5, 0.6) is 0 Å². The van der Waals surface area contributed by atoms with E-state index in [4.69, 9.17) is 0 Å². The number of rotatable bonds is 2. The summed E-state index contributed by atoms with van der Waals surface area (Å²) in [6, 6.07) is 0. The van der Waals surface area contributed by atoms with Gasteiger partial charge in [0, 0.05) is 18.8 Å². The van der Waals surface area contributed by atoms with Crippen molar-refractivity contribution in [2.75, 3.05) is 13.1 Å². The van der Waals surface area contributed by atoms with Crippen LogP contribution in [0.25, 0.3) is 0 Å². The van der Waals surface area contributed by atoms with E-state index in [2.05, 4.69) is 25.3 Å². The molecule has 0 unspecified atom stereocenters. The highest BCUT2D eigenvalue weighted by atomic mass is 15.1. The number of hydrogen-bond acceptors (Lipinski definition) is 1. The van der Waals surface area contributed by atoms with Crippen LogP contribution >= 0.6 is 0 Å². The van der Waals surface area contributed by atoms with E-state index in [1.807, 2.05) is 0 Å². The van der Waals surface area contributed by atoms with Crippen LogP contribution in [0, 0.1) is 5.92 Å². The molecule has 0 N–H and O–H groups in total. The summed E-state index contributed by atoms with van der Waals surface area (Å²) in [6.07, 6.45) is 2.69. The van der Waals surface area contributed by atoms with Gasteiger partial charge in [-0.1, -0.05) is 19.9 Å². The van der Waals surface area contributed by atoms with Crippen molar-refractivity contribution in [3.05, 3.63) is 12.3 Å². The first-order chi connectivity index (χ1) is 4.74. The molecule has 1 saturated heterocycles. The van der Waals surface area contributed by atoms with Gasteiger partial charge in [0.2, 0.25) is 0 Å². The largest absolute Gasteiger partial charge is 0.375 e.